The molecule has 240 valence electrons. The van der Waals surface area contributed by atoms with E-state index >= 15 is 0 Å². The molecule has 0 spiro atoms. The average Bonchev–Trinajstić information content (AvgIpc) is 3.48. The predicted octanol–water partition coefficient (Wildman–Crippen LogP) is 5.20. The van der Waals surface area contributed by atoms with Gasteiger partial charge < -0.3 is 24.6 Å². The van der Waals surface area contributed by atoms with Gasteiger partial charge in [-0.1, -0.05) is 60.2 Å². The van der Waals surface area contributed by atoms with Gasteiger partial charge in [0.2, 0.25) is 5.90 Å². The Morgan fingerprint density at radius 2 is 1.72 bits per heavy atom. The van der Waals surface area contributed by atoms with Crippen molar-refractivity contribution in [3.05, 3.63) is 125 Å². The maximum atomic E-state index is 14.4. The standard InChI is InChI=1S/C36H38N2O7S/c1-26-9-6-10-27(23-26)25-37-35(40)36(19-22-46(41,42)32-13-4-3-5-14-32)33(29-11-7-12-31(24-29)43-2)45-34(38-36)28-15-17-30(18-16-28)44-21-8-20-39/h3-7,9-18,23-24,33,39H,8,19-22,25H2,1-2H3,(H,37,40)/t33-,36-/m1/s1. The van der Waals surface area contributed by atoms with Gasteiger partial charge >= 0.3 is 0 Å². The van der Waals surface area contributed by atoms with E-state index in [-0.39, 0.29) is 36.1 Å². The summed E-state index contributed by atoms with van der Waals surface area (Å²) in [6.45, 7) is 2.60. The molecule has 0 saturated carbocycles. The number of hydrogen-bond acceptors (Lipinski definition) is 8. The first-order chi connectivity index (χ1) is 22.2. The Hall–Kier alpha value is -4.67. The van der Waals surface area contributed by atoms with Crippen LogP contribution < -0.4 is 14.8 Å². The van der Waals surface area contributed by atoms with Crippen molar-refractivity contribution in [2.45, 2.75) is 42.8 Å². The number of methoxy groups -OCH3 is 1. The van der Waals surface area contributed by atoms with Crippen LogP contribution in [0, 0.1) is 6.92 Å². The number of hydrogen-bond donors (Lipinski definition) is 2. The number of nitrogens with one attached hydrogen (secondary N) is 1. The van der Waals surface area contributed by atoms with Gasteiger partial charge in [-0.2, -0.15) is 0 Å². The van der Waals surface area contributed by atoms with E-state index in [0.29, 0.717) is 35.7 Å². The molecule has 46 heavy (non-hydrogen) atoms. The van der Waals surface area contributed by atoms with E-state index in [4.69, 9.17) is 24.3 Å². The Bertz CT molecular complexity index is 1780. The summed E-state index contributed by atoms with van der Waals surface area (Å²) in [6, 6.07) is 30.2. The average molecular weight is 643 g/mol. The molecule has 0 aliphatic carbocycles. The van der Waals surface area contributed by atoms with E-state index in [1.165, 1.54) is 0 Å². The van der Waals surface area contributed by atoms with Gasteiger partial charge in [-0.15, -0.1) is 0 Å². The lowest BCUT2D eigenvalue weighted by atomic mass is 9.85. The quantitative estimate of drug-likeness (QED) is 0.181. The largest absolute Gasteiger partial charge is 0.497 e. The molecule has 0 saturated heterocycles. The van der Waals surface area contributed by atoms with Crippen LogP contribution >= 0.6 is 0 Å². The summed E-state index contributed by atoms with van der Waals surface area (Å²) in [5.41, 5.74) is 1.53. The van der Waals surface area contributed by atoms with Gasteiger partial charge in [0.1, 0.15) is 11.5 Å². The molecule has 2 atom stereocenters. The van der Waals surface area contributed by atoms with Crippen LogP contribution in [-0.4, -0.2) is 56.9 Å². The van der Waals surface area contributed by atoms with Gasteiger partial charge in [0, 0.05) is 31.6 Å². The van der Waals surface area contributed by atoms with Gasteiger partial charge in [0.15, 0.2) is 21.5 Å². The van der Waals surface area contributed by atoms with E-state index in [2.05, 4.69) is 5.32 Å². The highest BCUT2D eigenvalue weighted by Gasteiger charge is 2.53. The maximum Gasteiger partial charge on any atom is 0.252 e. The van der Waals surface area contributed by atoms with Crippen molar-refractivity contribution >= 4 is 21.6 Å². The van der Waals surface area contributed by atoms with Gasteiger partial charge in [-0.3, -0.25) is 4.79 Å². The van der Waals surface area contributed by atoms with Gasteiger partial charge in [0.25, 0.3) is 5.91 Å². The first-order valence-electron chi connectivity index (χ1n) is 15.1. The van der Waals surface area contributed by atoms with Crippen molar-refractivity contribution in [2.75, 3.05) is 26.1 Å². The second-order valence-electron chi connectivity index (χ2n) is 11.1. The van der Waals surface area contributed by atoms with Crippen LogP contribution in [0.2, 0.25) is 0 Å². The molecule has 0 radical (unpaired) electrons. The number of rotatable bonds is 14. The molecule has 0 fully saturated rings. The summed E-state index contributed by atoms with van der Waals surface area (Å²) in [6.07, 6.45) is -0.592. The van der Waals surface area contributed by atoms with E-state index in [1.54, 1.807) is 79.9 Å². The number of carbonyl (C=O) groups excluding carboxylic acids is 1. The lowest BCUT2D eigenvalue weighted by molar-refractivity contribution is -0.129. The highest BCUT2D eigenvalue weighted by Crippen LogP contribution is 2.44. The number of amides is 1. The lowest BCUT2D eigenvalue weighted by Crippen LogP contribution is -2.49. The minimum absolute atomic E-state index is 0.0302. The SMILES string of the molecule is COc1cccc([C@H]2OC(c3ccc(OCCCO)cc3)=N[C@@]2(CCS(=O)(=O)c2ccccc2)C(=O)NCc2cccc(C)c2)c1. The van der Waals surface area contributed by atoms with Gasteiger partial charge in [-0.25, -0.2) is 13.4 Å². The van der Waals surface area contributed by atoms with Crippen molar-refractivity contribution < 1.29 is 32.5 Å². The number of aryl methyl sites for hydroxylation is 1. The molecule has 0 bridgehead atoms. The fourth-order valence-electron chi connectivity index (χ4n) is 5.37. The third-order valence-electron chi connectivity index (χ3n) is 7.82. The molecule has 0 aromatic heterocycles. The van der Waals surface area contributed by atoms with Crippen LogP contribution in [-0.2, 0) is 25.9 Å². The summed E-state index contributed by atoms with van der Waals surface area (Å²) in [7, 11) is -2.22. The lowest BCUT2D eigenvalue weighted by Gasteiger charge is -2.31. The van der Waals surface area contributed by atoms with E-state index in [1.807, 2.05) is 37.3 Å². The Morgan fingerprint density at radius 3 is 2.43 bits per heavy atom. The molecule has 0 unspecified atom stereocenters. The monoisotopic (exact) mass is 642 g/mol. The topological polar surface area (TPSA) is 124 Å². The van der Waals surface area contributed by atoms with Crippen molar-refractivity contribution in [3.63, 3.8) is 0 Å². The molecular formula is C36H38N2O7S. The zero-order chi connectivity index (χ0) is 32.6. The summed E-state index contributed by atoms with van der Waals surface area (Å²) in [5.74, 6) is 0.579. The third-order valence-corrected chi connectivity index (χ3v) is 9.55. The highest BCUT2D eigenvalue weighted by atomic mass is 32.2. The van der Waals surface area contributed by atoms with Crippen molar-refractivity contribution in [3.8, 4) is 11.5 Å². The number of ether oxygens (including phenoxy) is 3. The fraction of sp³-hybridized carbons (Fsp3) is 0.278. The second kappa shape index (κ2) is 14.6. The number of nitrogens with zero attached hydrogens (tertiary/aromatic N) is 1. The minimum atomic E-state index is -3.77. The molecule has 5 rings (SSSR count). The fourth-order valence-corrected chi connectivity index (χ4v) is 6.76. The molecule has 10 heteroatoms. The van der Waals surface area contributed by atoms with Gasteiger partial charge in [0.05, 0.1) is 24.4 Å². The molecule has 1 amide bonds. The van der Waals surface area contributed by atoms with Crippen LogP contribution in [0.25, 0.3) is 0 Å². The predicted molar refractivity (Wildman–Crippen MR) is 176 cm³/mol. The van der Waals surface area contributed by atoms with E-state index < -0.39 is 27.4 Å². The Kier molecular flexibility index (Phi) is 10.4. The molecule has 4 aromatic carbocycles. The Morgan fingerprint density at radius 1 is 0.957 bits per heavy atom. The number of carbonyl (C=O) groups is 1. The van der Waals surface area contributed by atoms with Crippen LogP contribution in [0.15, 0.2) is 113 Å². The molecule has 1 heterocycles. The van der Waals surface area contributed by atoms with Crippen LogP contribution in [0.4, 0.5) is 0 Å². The number of aliphatic imine (C=N–C) groups is 1. The molecular weight excluding hydrogens is 604 g/mol. The number of aliphatic hydroxyl groups is 1. The van der Waals surface area contributed by atoms with Crippen molar-refractivity contribution in [1.29, 1.82) is 0 Å². The number of sulfone groups is 1. The highest BCUT2D eigenvalue weighted by molar-refractivity contribution is 7.91. The summed E-state index contributed by atoms with van der Waals surface area (Å²) in [5, 5.41) is 12.1. The summed E-state index contributed by atoms with van der Waals surface area (Å²) >= 11 is 0. The Labute approximate surface area is 269 Å². The normalized spacial score (nSPS) is 17.5. The van der Waals surface area contributed by atoms with Crippen LogP contribution in [0.5, 0.6) is 11.5 Å². The second-order valence-corrected chi connectivity index (χ2v) is 13.2. The molecule has 1 aliphatic heterocycles. The van der Waals surface area contributed by atoms with E-state index in [0.717, 1.165) is 11.1 Å². The van der Waals surface area contributed by atoms with Gasteiger partial charge in [-0.05, 0) is 66.6 Å². The molecule has 1 aliphatic rings. The van der Waals surface area contributed by atoms with Crippen LogP contribution in [0.1, 0.15) is 41.2 Å². The molecule has 2 N–H and O–H groups in total. The molecule has 9 nitrogen and oxygen atoms in total. The van der Waals surface area contributed by atoms with Crippen LogP contribution in [0.3, 0.4) is 0 Å². The first-order valence-corrected chi connectivity index (χ1v) is 16.8. The molecule has 4 aromatic rings. The van der Waals surface area contributed by atoms with Crippen molar-refractivity contribution in [1.82, 2.24) is 5.32 Å². The zero-order valence-corrected chi connectivity index (χ0v) is 26.7. The minimum Gasteiger partial charge on any atom is -0.497 e. The van der Waals surface area contributed by atoms with Crippen molar-refractivity contribution in [2.24, 2.45) is 4.99 Å². The van der Waals surface area contributed by atoms with E-state index in [9.17, 15) is 13.2 Å². The zero-order valence-electron chi connectivity index (χ0n) is 25.9. The Balaban J connectivity index is 1.56. The third kappa shape index (κ3) is 7.58. The summed E-state index contributed by atoms with van der Waals surface area (Å²) in [4.78, 5) is 19.5. The number of aliphatic hydroxyl groups excluding tert-OH is 1. The number of benzene rings is 4. The first kappa shape index (κ1) is 32.7. The maximum absolute atomic E-state index is 14.4. The smallest absolute Gasteiger partial charge is 0.252 e. The summed E-state index contributed by atoms with van der Waals surface area (Å²) < 4.78 is 44.7.